The number of carbonyl (C=O) groups excluding carboxylic acids is 1. The van der Waals surface area contributed by atoms with E-state index in [1.54, 1.807) is 16.8 Å². The van der Waals surface area contributed by atoms with Crippen LogP contribution in [0.25, 0.3) is 28.4 Å². The lowest BCUT2D eigenvalue weighted by molar-refractivity contribution is 0.0704. The predicted octanol–water partition coefficient (Wildman–Crippen LogP) is 3.54. The van der Waals surface area contributed by atoms with Crippen LogP contribution in [-0.4, -0.2) is 37.8 Å². The maximum absolute atomic E-state index is 13.3. The highest BCUT2D eigenvalue weighted by atomic mass is 16.4. The average Bonchev–Trinajstić information content (AvgIpc) is 3.23. The van der Waals surface area contributed by atoms with Crippen LogP contribution in [0.15, 0.2) is 59.3 Å². The number of fused-ring (bicyclic) bond motifs is 4. The Morgan fingerprint density at radius 3 is 2.71 bits per heavy atom. The summed E-state index contributed by atoms with van der Waals surface area (Å²) in [5.74, 6) is 0.164. The summed E-state index contributed by atoms with van der Waals surface area (Å²) in [5.41, 5.74) is 4.96. The summed E-state index contributed by atoms with van der Waals surface area (Å²) in [6.07, 6.45) is 3.06. The number of nitrogens with zero attached hydrogens (tertiary/aromatic N) is 6. The molecular formula is C23H16N6O2. The molecule has 0 unspecified atom stereocenters. The Kier molecular flexibility index (Phi) is 3.48. The quantitative estimate of drug-likeness (QED) is 0.503. The van der Waals surface area contributed by atoms with E-state index in [9.17, 15) is 10.1 Å². The molecule has 1 amide bonds. The Labute approximate surface area is 177 Å². The third-order valence-electron chi connectivity index (χ3n) is 6.23. The van der Waals surface area contributed by atoms with E-state index in [0.717, 1.165) is 35.2 Å². The van der Waals surface area contributed by atoms with Gasteiger partial charge in [-0.15, -0.1) is 10.2 Å². The Morgan fingerprint density at radius 2 is 1.97 bits per heavy atom. The molecule has 6 rings (SSSR count). The first-order valence-corrected chi connectivity index (χ1v) is 9.91. The number of carbonyl (C=O) groups is 1. The predicted molar refractivity (Wildman–Crippen MR) is 110 cm³/mol. The number of amides is 1. The summed E-state index contributed by atoms with van der Waals surface area (Å²) in [6.45, 7) is 0. The highest BCUT2D eigenvalue weighted by Crippen LogP contribution is 2.54. The number of hydrogen-bond acceptors (Lipinski definition) is 6. The molecule has 1 saturated carbocycles. The van der Waals surface area contributed by atoms with Gasteiger partial charge in [0.25, 0.3) is 11.8 Å². The van der Waals surface area contributed by atoms with E-state index < -0.39 is 0 Å². The van der Waals surface area contributed by atoms with E-state index in [1.807, 2.05) is 42.3 Å². The van der Waals surface area contributed by atoms with E-state index in [4.69, 9.17) is 4.42 Å². The largest absolute Gasteiger partial charge is 0.422 e. The van der Waals surface area contributed by atoms with Gasteiger partial charge in [-0.25, -0.2) is 4.68 Å². The van der Waals surface area contributed by atoms with E-state index >= 15 is 0 Å². The van der Waals surface area contributed by atoms with Crippen LogP contribution in [0.1, 0.15) is 34.5 Å². The molecule has 1 spiro atoms. The lowest BCUT2D eigenvalue weighted by Gasteiger charge is -2.27. The maximum Gasteiger partial charge on any atom is 0.273 e. The fraction of sp³-hybridized carbons (Fsp3) is 0.174. The van der Waals surface area contributed by atoms with Gasteiger partial charge in [0.05, 0.1) is 22.9 Å². The average molecular weight is 408 g/mol. The Morgan fingerprint density at radius 1 is 1.13 bits per heavy atom. The lowest BCUT2D eigenvalue weighted by Crippen LogP contribution is -2.36. The first-order valence-electron chi connectivity index (χ1n) is 9.91. The maximum atomic E-state index is 13.3. The van der Waals surface area contributed by atoms with Gasteiger partial charge in [-0.1, -0.05) is 24.3 Å². The van der Waals surface area contributed by atoms with Crippen LogP contribution < -0.4 is 0 Å². The third-order valence-corrected chi connectivity index (χ3v) is 6.23. The minimum Gasteiger partial charge on any atom is -0.422 e. The molecule has 0 radical (unpaired) electrons. The summed E-state index contributed by atoms with van der Waals surface area (Å²) in [5, 5.41) is 21.6. The Hall–Kier alpha value is -4.25. The van der Waals surface area contributed by atoms with Crippen LogP contribution in [0.4, 0.5) is 0 Å². The normalized spacial score (nSPS) is 15.9. The van der Waals surface area contributed by atoms with E-state index in [-0.39, 0.29) is 17.3 Å². The molecule has 0 bridgehead atoms. The SMILES string of the molecule is CN1C(=O)c2cc(-c3nnco3)nn2-c2cc(-c3cccc(C#N)c3)ccc2C12CC2. The fourth-order valence-electron chi connectivity index (χ4n) is 4.42. The standard InChI is InChI=1S/C23H16N6O2/c1-28-22(30)20-11-18(21-26-25-13-31-21)27-29(20)19-10-16(5-6-17(19)23(28)7-8-23)15-4-2-3-14(9-15)12-24/h2-6,9-11,13H,7-8H2,1H3. The van der Waals surface area contributed by atoms with Crippen LogP contribution in [0.2, 0.25) is 0 Å². The third kappa shape index (κ3) is 2.47. The lowest BCUT2D eigenvalue weighted by atomic mass is 9.96. The van der Waals surface area contributed by atoms with Crippen molar-refractivity contribution < 1.29 is 9.21 Å². The summed E-state index contributed by atoms with van der Waals surface area (Å²) < 4.78 is 6.98. The van der Waals surface area contributed by atoms with Gasteiger partial charge in [0.15, 0.2) is 5.69 Å². The molecule has 3 heterocycles. The highest BCUT2D eigenvalue weighted by Gasteiger charge is 2.53. The van der Waals surface area contributed by atoms with Crippen molar-refractivity contribution in [3.63, 3.8) is 0 Å². The zero-order chi connectivity index (χ0) is 21.2. The van der Waals surface area contributed by atoms with Crippen molar-refractivity contribution >= 4 is 5.91 Å². The van der Waals surface area contributed by atoms with Gasteiger partial charge < -0.3 is 9.32 Å². The van der Waals surface area contributed by atoms with Crippen molar-refractivity contribution in [3.05, 3.63) is 71.7 Å². The van der Waals surface area contributed by atoms with Gasteiger partial charge in [0, 0.05) is 18.7 Å². The van der Waals surface area contributed by atoms with Crippen LogP contribution in [0.3, 0.4) is 0 Å². The Bertz CT molecular complexity index is 1390. The van der Waals surface area contributed by atoms with Crippen molar-refractivity contribution in [2.45, 2.75) is 18.4 Å². The minimum atomic E-state index is -0.315. The highest BCUT2D eigenvalue weighted by molar-refractivity contribution is 5.96. The van der Waals surface area contributed by atoms with Gasteiger partial charge >= 0.3 is 0 Å². The van der Waals surface area contributed by atoms with Crippen LogP contribution in [-0.2, 0) is 5.54 Å². The van der Waals surface area contributed by atoms with Crippen molar-refractivity contribution in [1.29, 1.82) is 5.26 Å². The first kappa shape index (κ1) is 17.6. The monoisotopic (exact) mass is 408 g/mol. The smallest absolute Gasteiger partial charge is 0.273 e. The molecule has 2 aliphatic rings. The molecule has 8 nitrogen and oxygen atoms in total. The molecule has 0 atom stereocenters. The molecule has 8 heteroatoms. The summed E-state index contributed by atoms with van der Waals surface area (Å²) in [7, 11) is 1.85. The molecule has 0 saturated heterocycles. The zero-order valence-electron chi connectivity index (χ0n) is 16.6. The summed E-state index contributed by atoms with van der Waals surface area (Å²) in [6, 6.07) is 17.5. The number of rotatable bonds is 2. The number of nitriles is 1. The molecule has 1 aliphatic carbocycles. The molecule has 31 heavy (non-hydrogen) atoms. The van der Waals surface area contributed by atoms with Crippen LogP contribution in [0, 0.1) is 11.3 Å². The topological polar surface area (TPSA) is 101 Å². The van der Waals surface area contributed by atoms with Gasteiger partial charge in [0.1, 0.15) is 5.69 Å². The molecule has 150 valence electrons. The minimum absolute atomic E-state index is 0.0972. The number of benzene rings is 2. The molecule has 4 aromatic rings. The molecule has 1 fully saturated rings. The van der Waals surface area contributed by atoms with Crippen LogP contribution >= 0.6 is 0 Å². The summed E-state index contributed by atoms with van der Waals surface area (Å²) >= 11 is 0. The number of hydrogen-bond donors (Lipinski definition) is 0. The van der Waals surface area contributed by atoms with E-state index in [0.29, 0.717) is 17.0 Å². The second-order valence-corrected chi connectivity index (χ2v) is 7.89. The van der Waals surface area contributed by atoms with E-state index in [1.165, 1.54) is 6.39 Å². The van der Waals surface area contributed by atoms with Gasteiger partial charge in [-0.05, 0) is 42.2 Å². The zero-order valence-corrected chi connectivity index (χ0v) is 16.6. The van der Waals surface area contributed by atoms with Crippen molar-refractivity contribution in [1.82, 2.24) is 24.9 Å². The van der Waals surface area contributed by atoms with Gasteiger partial charge in [-0.2, -0.15) is 10.4 Å². The second-order valence-electron chi connectivity index (χ2n) is 7.89. The van der Waals surface area contributed by atoms with Crippen molar-refractivity contribution in [2.24, 2.45) is 0 Å². The molecule has 1 aliphatic heterocycles. The first-order chi connectivity index (χ1) is 15.1. The number of aromatic nitrogens is 4. The fourth-order valence-corrected chi connectivity index (χ4v) is 4.42. The van der Waals surface area contributed by atoms with Crippen molar-refractivity contribution in [3.8, 4) is 34.5 Å². The molecular weight excluding hydrogens is 392 g/mol. The Balaban J connectivity index is 1.60. The molecule has 2 aromatic heterocycles. The summed E-state index contributed by atoms with van der Waals surface area (Å²) in [4.78, 5) is 15.2. The van der Waals surface area contributed by atoms with Gasteiger partial charge in [0.2, 0.25) is 6.39 Å². The van der Waals surface area contributed by atoms with Crippen molar-refractivity contribution in [2.75, 3.05) is 7.05 Å². The van der Waals surface area contributed by atoms with E-state index in [2.05, 4.69) is 27.4 Å². The second kappa shape index (κ2) is 6.12. The van der Waals surface area contributed by atoms with Crippen LogP contribution in [0.5, 0.6) is 0 Å². The molecule has 0 N–H and O–H groups in total. The molecule has 2 aromatic carbocycles. The van der Waals surface area contributed by atoms with Gasteiger partial charge in [-0.3, -0.25) is 4.79 Å².